The standard InChI is InChI=1S/C19H23F2N3O6/c1-10(2)3-14(17(26)27)22-7-15(18(28)29)24-16(25)9-23(19(24)30)8-11-4-12(20)6-13(21)5-11/h4-6,10,14-15,22H,3,7-9H2,1-2H3,(H,26,27)(H,28,29). The molecular formula is C19H23F2N3O6. The van der Waals surface area contributed by atoms with Gasteiger partial charge in [0.05, 0.1) is 0 Å². The van der Waals surface area contributed by atoms with Crippen molar-refractivity contribution in [2.75, 3.05) is 13.1 Å². The molecule has 164 valence electrons. The van der Waals surface area contributed by atoms with Gasteiger partial charge in [0.2, 0.25) is 0 Å². The summed E-state index contributed by atoms with van der Waals surface area (Å²) in [5, 5.41) is 21.4. The third-order valence-corrected chi connectivity index (χ3v) is 4.53. The van der Waals surface area contributed by atoms with E-state index in [-0.39, 0.29) is 24.4 Å². The highest BCUT2D eigenvalue weighted by Crippen LogP contribution is 2.19. The van der Waals surface area contributed by atoms with Gasteiger partial charge in [-0.3, -0.25) is 9.59 Å². The van der Waals surface area contributed by atoms with Crippen molar-refractivity contribution in [1.82, 2.24) is 15.1 Å². The third kappa shape index (κ3) is 5.72. The lowest BCUT2D eigenvalue weighted by molar-refractivity contribution is -0.146. The number of hydrogen-bond donors (Lipinski definition) is 3. The SMILES string of the molecule is CC(C)CC(NCC(C(=O)O)N1C(=O)CN(Cc2cc(F)cc(F)c2)C1=O)C(=O)O. The molecule has 0 saturated carbocycles. The highest BCUT2D eigenvalue weighted by Gasteiger charge is 2.43. The molecule has 1 aliphatic heterocycles. The van der Waals surface area contributed by atoms with E-state index < -0.39 is 60.7 Å². The molecule has 1 heterocycles. The number of carbonyl (C=O) groups is 4. The molecule has 3 N–H and O–H groups in total. The lowest BCUT2D eigenvalue weighted by Crippen LogP contribution is -2.53. The third-order valence-electron chi connectivity index (χ3n) is 4.53. The number of hydrogen-bond acceptors (Lipinski definition) is 5. The number of nitrogens with one attached hydrogen (secondary N) is 1. The summed E-state index contributed by atoms with van der Waals surface area (Å²) < 4.78 is 26.7. The highest BCUT2D eigenvalue weighted by atomic mass is 19.1. The first-order valence-corrected chi connectivity index (χ1v) is 9.24. The van der Waals surface area contributed by atoms with Crippen LogP contribution in [0.4, 0.5) is 13.6 Å². The first-order chi connectivity index (χ1) is 14.0. The Morgan fingerprint density at radius 3 is 2.20 bits per heavy atom. The molecule has 2 rings (SSSR count). The second-order valence-electron chi connectivity index (χ2n) is 7.46. The molecule has 0 spiro atoms. The average Bonchev–Trinajstić information content (AvgIpc) is 2.86. The highest BCUT2D eigenvalue weighted by molar-refractivity contribution is 6.05. The van der Waals surface area contributed by atoms with Crippen molar-refractivity contribution in [3.63, 3.8) is 0 Å². The van der Waals surface area contributed by atoms with Gasteiger partial charge in [0.25, 0.3) is 5.91 Å². The largest absolute Gasteiger partial charge is 0.480 e. The number of carbonyl (C=O) groups excluding carboxylic acids is 2. The summed E-state index contributed by atoms with van der Waals surface area (Å²) in [6.07, 6.45) is 0.223. The van der Waals surface area contributed by atoms with Crippen LogP contribution in [0.15, 0.2) is 18.2 Å². The number of benzene rings is 1. The molecule has 2 unspecified atom stereocenters. The minimum absolute atomic E-state index is 0.0130. The second kappa shape index (κ2) is 9.61. The van der Waals surface area contributed by atoms with Crippen molar-refractivity contribution in [2.24, 2.45) is 5.92 Å². The minimum Gasteiger partial charge on any atom is -0.480 e. The van der Waals surface area contributed by atoms with Gasteiger partial charge in [-0.15, -0.1) is 0 Å². The molecule has 11 heteroatoms. The van der Waals surface area contributed by atoms with E-state index in [0.717, 1.165) is 17.0 Å². The van der Waals surface area contributed by atoms with Gasteiger partial charge in [0, 0.05) is 19.2 Å². The van der Waals surface area contributed by atoms with Gasteiger partial charge in [0.15, 0.2) is 6.04 Å². The van der Waals surface area contributed by atoms with Gasteiger partial charge in [-0.25, -0.2) is 23.3 Å². The lowest BCUT2D eigenvalue weighted by Gasteiger charge is -2.25. The summed E-state index contributed by atoms with van der Waals surface area (Å²) in [6.45, 7) is 2.38. The van der Waals surface area contributed by atoms with Gasteiger partial charge in [-0.05, 0) is 30.0 Å². The number of carboxylic acids is 2. The van der Waals surface area contributed by atoms with Crippen LogP contribution in [0.5, 0.6) is 0 Å². The van der Waals surface area contributed by atoms with Crippen LogP contribution in [-0.2, 0) is 20.9 Å². The van der Waals surface area contributed by atoms with Crippen molar-refractivity contribution in [3.05, 3.63) is 35.4 Å². The number of halogens is 2. The fourth-order valence-electron chi connectivity index (χ4n) is 3.21. The van der Waals surface area contributed by atoms with Crippen LogP contribution in [0, 0.1) is 17.6 Å². The molecule has 1 aliphatic rings. The zero-order valence-electron chi connectivity index (χ0n) is 16.5. The van der Waals surface area contributed by atoms with Crippen LogP contribution in [0.3, 0.4) is 0 Å². The van der Waals surface area contributed by atoms with Crippen LogP contribution >= 0.6 is 0 Å². The maximum absolute atomic E-state index is 13.4. The van der Waals surface area contributed by atoms with Gasteiger partial charge < -0.3 is 20.4 Å². The number of imide groups is 1. The molecule has 1 fully saturated rings. The van der Waals surface area contributed by atoms with E-state index in [0.29, 0.717) is 11.0 Å². The molecule has 0 aliphatic carbocycles. The molecule has 30 heavy (non-hydrogen) atoms. The smallest absolute Gasteiger partial charge is 0.328 e. The topological polar surface area (TPSA) is 127 Å². The second-order valence-corrected chi connectivity index (χ2v) is 7.46. The predicted octanol–water partition coefficient (Wildman–Crippen LogP) is 1.27. The summed E-state index contributed by atoms with van der Waals surface area (Å²) >= 11 is 0. The Hall–Kier alpha value is -3.08. The molecular weight excluding hydrogens is 404 g/mol. The molecule has 1 aromatic carbocycles. The van der Waals surface area contributed by atoms with E-state index in [4.69, 9.17) is 0 Å². The Labute approximate surface area is 171 Å². The maximum atomic E-state index is 13.4. The normalized spacial score (nSPS) is 16.3. The monoisotopic (exact) mass is 427 g/mol. The molecule has 1 aromatic rings. The van der Waals surface area contributed by atoms with Gasteiger partial charge in [-0.1, -0.05) is 13.8 Å². The Balaban J connectivity index is 2.14. The van der Waals surface area contributed by atoms with Crippen LogP contribution in [0.1, 0.15) is 25.8 Å². The zero-order valence-corrected chi connectivity index (χ0v) is 16.5. The van der Waals surface area contributed by atoms with Crippen LogP contribution in [0.25, 0.3) is 0 Å². The summed E-state index contributed by atoms with van der Waals surface area (Å²) in [6, 6.07) is -0.949. The van der Waals surface area contributed by atoms with E-state index in [1.54, 1.807) is 13.8 Å². The van der Waals surface area contributed by atoms with Crippen molar-refractivity contribution in [2.45, 2.75) is 38.9 Å². The molecule has 9 nitrogen and oxygen atoms in total. The predicted molar refractivity (Wildman–Crippen MR) is 99.3 cm³/mol. The van der Waals surface area contributed by atoms with Gasteiger partial charge in [-0.2, -0.15) is 0 Å². The van der Waals surface area contributed by atoms with Gasteiger partial charge in [0.1, 0.15) is 24.2 Å². The van der Waals surface area contributed by atoms with Gasteiger partial charge >= 0.3 is 18.0 Å². The van der Waals surface area contributed by atoms with Crippen molar-refractivity contribution >= 4 is 23.9 Å². The maximum Gasteiger partial charge on any atom is 0.328 e. The van der Waals surface area contributed by atoms with E-state index in [2.05, 4.69) is 5.32 Å². The summed E-state index contributed by atoms with van der Waals surface area (Å²) in [4.78, 5) is 49.5. The molecule has 3 amide bonds. The van der Waals surface area contributed by atoms with Crippen LogP contribution in [0.2, 0.25) is 0 Å². The minimum atomic E-state index is -1.63. The van der Waals surface area contributed by atoms with Crippen LogP contribution in [-0.4, -0.2) is 69.1 Å². The molecule has 2 atom stereocenters. The fraction of sp³-hybridized carbons (Fsp3) is 0.474. The Bertz CT molecular complexity index is 827. The average molecular weight is 427 g/mol. The molecule has 0 bridgehead atoms. The van der Waals surface area contributed by atoms with E-state index in [9.17, 15) is 38.2 Å². The molecule has 1 saturated heterocycles. The molecule has 0 aromatic heterocycles. The first-order valence-electron chi connectivity index (χ1n) is 9.24. The zero-order chi connectivity index (χ0) is 22.6. The van der Waals surface area contributed by atoms with E-state index >= 15 is 0 Å². The number of rotatable bonds is 10. The Morgan fingerprint density at radius 1 is 1.10 bits per heavy atom. The fourth-order valence-corrected chi connectivity index (χ4v) is 3.21. The Morgan fingerprint density at radius 2 is 1.70 bits per heavy atom. The summed E-state index contributed by atoms with van der Waals surface area (Å²) in [5.41, 5.74) is 0.100. The number of nitrogens with zero attached hydrogens (tertiary/aromatic N) is 2. The summed E-state index contributed by atoms with van der Waals surface area (Å²) in [5.74, 6) is -5.16. The lowest BCUT2D eigenvalue weighted by atomic mass is 10.0. The van der Waals surface area contributed by atoms with E-state index in [1.165, 1.54) is 0 Å². The first kappa shape index (κ1) is 23.2. The van der Waals surface area contributed by atoms with E-state index in [1.807, 2.05) is 0 Å². The number of amides is 3. The van der Waals surface area contributed by atoms with Crippen molar-refractivity contribution in [3.8, 4) is 0 Å². The Kier molecular flexibility index (Phi) is 7.43. The number of carboxylic acid groups (broad SMARTS) is 2. The van der Waals surface area contributed by atoms with Crippen molar-refractivity contribution in [1.29, 1.82) is 0 Å². The number of aliphatic carboxylic acids is 2. The van der Waals surface area contributed by atoms with Crippen LogP contribution < -0.4 is 5.32 Å². The van der Waals surface area contributed by atoms with Crippen molar-refractivity contribution < 1.29 is 38.2 Å². The summed E-state index contributed by atoms with van der Waals surface area (Å²) in [7, 11) is 0. The number of urea groups is 1. The quantitative estimate of drug-likeness (QED) is 0.480. The molecule has 0 radical (unpaired) electrons.